The van der Waals surface area contributed by atoms with Crippen LogP contribution in [-0.4, -0.2) is 16.1 Å². The van der Waals surface area contributed by atoms with E-state index in [9.17, 15) is 0 Å². The summed E-state index contributed by atoms with van der Waals surface area (Å²) in [6.07, 6.45) is 10.3. The molecule has 1 aliphatic carbocycles. The van der Waals surface area contributed by atoms with Crippen LogP contribution in [0.3, 0.4) is 0 Å². The third kappa shape index (κ3) is 3.13. The molecule has 0 bridgehead atoms. The highest BCUT2D eigenvalue weighted by Crippen LogP contribution is 2.33. The molecule has 0 spiro atoms. The van der Waals surface area contributed by atoms with Crippen LogP contribution >= 0.6 is 11.3 Å². The van der Waals surface area contributed by atoms with Crippen LogP contribution in [0, 0.1) is 6.92 Å². The van der Waals surface area contributed by atoms with Gasteiger partial charge in [0.2, 0.25) is 0 Å². The lowest BCUT2D eigenvalue weighted by Gasteiger charge is -2.23. The molecular formula is C16H23N3S. The predicted molar refractivity (Wildman–Crippen MR) is 84.2 cm³/mol. The molecule has 0 fully saturated rings. The Balaban J connectivity index is 1.40. The molecular weight excluding hydrogens is 266 g/mol. The predicted octanol–water partition coefficient (Wildman–Crippen LogP) is 3.70. The number of unbranched alkanes of at least 4 members (excludes halogenated alkanes) is 1. The molecule has 0 aliphatic heterocycles. The summed E-state index contributed by atoms with van der Waals surface area (Å²) in [5.41, 5.74) is 1.56. The summed E-state index contributed by atoms with van der Waals surface area (Å²) in [5, 5.41) is 5.98. The lowest BCUT2D eigenvalue weighted by Crippen LogP contribution is -2.25. The van der Waals surface area contributed by atoms with Gasteiger partial charge in [0.1, 0.15) is 5.82 Å². The molecule has 0 amide bonds. The van der Waals surface area contributed by atoms with Crippen LogP contribution in [0.25, 0.3) is 0 Å². The maximum Gasteiger partial charge on any atom is 0.105 e. The molecule has 2 aromatic heterocycles. The maximum atomic E-state index is 4.26. The Labute approximate surface area is 125 Å². The standard InChI is InChI=1S/C16H23N3S/c1-13-17-9-11-19(13)10-3-2-8-18-15-5-4-6-16-14(15)7-12-20-16/h7,9,11-12,15,18H,2-6,8,10H2,1H3/t15-/m0/s1. The van der Waals surface area contributed by atoms with Gasteiger partial charge in [0, 0.05) is 29.9 Å². The van der Waals surface area contributed by atoms with Gasteiger partial charge in [-0.2, -0.15) is 0 Å². The van der Waals surface area contributed by atoms with E-state index in [0.29, 0.717) is 6.04 Å². The number of hydrogen-bond acceptors (Lipinski definition) is 3. The van der Waals surface area contributed by atoms with Crippen LogP contribution in [0.5, 0.6) is 0 Å². The first-order valence-electron chi connectivity index (χ1n) is 7.62. The minimum absolute atomic E-state index is 0.597. The van der Waals surface area contributed by atoms with Crippen molar-refractivity contribution in [3.63, 3.8) is 0 Å². The number of nitrogens with zero attached hydrogens (tertiary/aromatic N) is 2. The molecule has 1 aliphatic rings. The van der Waals surface area contributed by atoms with Crippen molar-refractivity contribution in [3.8, 4) is 0 Å². The Morgan fingerprint density at radius 3 is 3.25 bits per heavy atom. The SMILES string of the molecule is Cc1nccn1CCCCN[C@H]1CCCc2sccc21. The number of thiophene rings is 1. The first kappa shape index (κ1) is 13.8. The Morgan fingerprint density at radius 1 is 1.45 bits per heavy atom. The summed E-state index contributed by atoms with van der Waals surface area (Å²) >= 11 is 1.92. The van der Waals surface area contributed by atoms with Crippen LogP contribution < -0.4 is 5.32 Å². The molecule has 4 heteroatoms. The molecule has 0 saturated heterocycles. The second kappa shape index (κ2) is 6.55. The van der Waals surface area contributed by atoms with Crippen molar-refractivity contribution in [1.82, 2.24) is 14.9 Å². The Hall–Kier alpha value is -1.13. The summed E-state index contributed by atoms with van der Waals surface area (Å²) in [7, 11) is 0. The van der Waals surface area contributed by atoms with E-state index in [2.05, 4.69) is 39.4 Å². The molecule has 1 atom stereocenters. The van der Waals surface area contributed by atoms with E-state index in [1.54, 1.807) is 10.4 Å². The summed E-state index contributed by atoms with van der Waals surface area (Å²) in [6, 6.07) is 2.91. The smallest absolute Gasteiger partial charge is 0.105 e. The number of imidazole rings is 1. The summed E-state index contributed by atoms with van der Waals surface area (Å²) in [6.45, 7) is 4.27. The average molecular weight is 289 g/mol. The van der Waals surface area contributed by atoms with Crippen LogP contribution in [0.1, 0.15) is 48.0 Å². The number of rotatable bonds is 6. The second-order valence-corrected chi connectivity index (χ2v) is 6.57. The van der Waals surface area contributed by atoms with Gasteiger partial charge in [-0.05, 0) is 62.6 Å². The molecule has 2 heterocycles. The van der Waals surface area contributed by atoms with Crippen molar-refractivity contribution < 1.29 is 0 Å². The number of hydrogen-bond donors (Lipinski definition) is 1. The third-order valence-electron chi connectivity index (χ3n) is 4.19. The Kier molecular flexibility index (Phi) is 4.53. The van der Waals surface area contributed by atoms with Gasteiger partial charge in [-0.25, -0.2) is 4.98 Å². The molecule has 108 valence electrons. The minimum atomic E-state index is 0.597. The van der Waals surface area contributed by atoms with E-state index in [0.717, 1.165) is 18.9 Å². The van der Waals surface area contributed by atoms with Crippen molar-refractivity contribution in [3.05, 3.63) is 40.1 Å². The highest BCUT2D eigenvalue weighted by atomic mass is 32.1. The molecule has 20 heavy (non-hydrogen) atoms. The number of nitrogens with one attached hydrogen (secondary N) is 1. The lowest BCUT2D eigenvalue weighted by atomic mass is 9.94. The minimum Gasteiger partial charge on any atom is -0.335 e. The van der Waals surface area contributed by atoms with Crippen molar-refractivity contribution in [2.24, 2.45) is 0 Å². The van der Waals surface area contributed by atoms with Crippen molar-refractivity contribution in [1.29, 1.82) is 0 Å². The zero-order valence-electron chi connectivity index (χ0n) is 12.1. The molecule has 1 N–H and O–H groups in total. The monoisotopic (exact) mass is 289 g/mol. The number of fused-ring (bicyclic) bond motifs is 1. The average Bonchev–Trinajstić information content (AvgIpc) is 3.08. The second-order valence-electron chi connectivity index (χ2n) is 5.57. The normalized spacial score (nSPS) is 18.1. The van der Waals surface area contributed by atoms with E-state index < -0.39 is 0 Å². The van der Waals surface area contributed by atoms with Crippen molar-refractivity contribution in [2.75, 3.05) is 6.54 Å². The highest BCUT2D eigenvalue weighted by molar-refractivity contribution is 7.10. The largest absolute Gasteiger partial charge is 0.335 e. The molecule has 3 rings (SSSR count). The summed E-state index contributed by atoms with van der Waals surface area (Å²) < 4.78 is 2.23. The zero-order valence-corrected chi connectivity index (χ0v) is 13.0. The number of aryl methyl sites for hydroxylation is 3. The fourth-order valence-corrected chi connectivity index (χ4v) is 4.01. The number of aromatic nitrogens is 2. The van der Waals surface area contributed by atoms with Gasteiger partial charge >= 0.3 is 0 Å². The molecule has 3 nitrogen and oxygen atoms in total. The van der Waals surface area contributed by atoms with E-state index in [1.807, 2.05) is 17.5 Å². The quantitative estimate of drug-likeness (QED) is 0.822. The van der Waals surface area contributed by atoms with E-state index in [1.165, 1.54) is 32.1 Å². The third-order valence-corrected chi connectivity index (χ3v) is 5.19. The molecule has 0 saturated carbocycles. The summed E-state index contributed by atoms with van der Waals surface area (Å²) in [4.78, 5) is 5.86. The molecule has 2 aromatic rings. The van der Waals surface area contributed by atoms with E-state index >= 15 is 0 Å². The lowest BCUT2D eigenvalue weighted by molar-refractivity contribution is 0.449. The molecule has 0 radical (unpaired) electrons. The van der Waals surface area contributed by atoms with Gasteiger partial charge in [-0.3, -0.25) is 0 Å². The van der Waals surface area contributed by atoms with Crippen LogP contribution in [0.15, 0.2) is 23.8 Å². The Morgan fingerprint density at radius 2 is 2.40 bits per heavy atom. The fraction of sp³-hybridized carbons (Fsp3) is 0.562. The first-order valence-corrected chi connectivity index (χ1v) is 8.50. The van der Waals surface area contributed by atoms with Crippen LogP contribution in [0.4, 0.5) is 0 Å². The van der Waals surface area contributed by atoms with Gasteiger partial charge < -0.3 is 9.88 Å². The maximum absolute atomic E-state index is 4.26. The molecule has 0 aromatic carbocycles. The van der Waals surface area contributed by atoms with E-state index in [-0.39, 0.29) is 0 Å². The van der Waals surface area contributed by atoms with Gasteiger partial charge in [0.05, 0.1) is 0 Å². The van der Waals surface area contributed by atoms with Crippen molar-refractivity contribution >= 4 is 11.3 Å². The van der Waals surface area contributed by atoms with Gasteiger partial charge in [0.25, 0.3) is 0 Å². The van der Waals surface area contributed by atoms with Crippen LogP contribution in [-0.2, 0) is 13.0 Å². The van der Waals surface area contributed by atoms with Gasteiger partial charge in [-0.15, -0.1) is 11.3 Å². The van der Waals surface area contributed by atoms with Crippen molar-refractivity contribution in [2.45, 2.75) is 51.6 Å². The molecule has 0 unspecified atom stereocenters. The first-order chi connectivity index (χ1) is 9.84. The van der Waals surface area contributed by atoms with Gasteiger partial charge in [0.15, 0.2) is 0 Å². The van der Waals surface area contributed by atoms with Gasteiger partial charge in [-0.1, -0.05) is 0 Å². The zero-order chi connectivity index (χ0) is 13.8. The topological polar surface area (TPSA) is 29.9 Å². The fourth-order valence-electron chi connectivity index (χ4n) is 3.02. The summed E-state index contributed by atoms with van der Waals surface area (Å²) in [5.74, 6) is 1.12. The Bertz CT molecular complexity index is 543. The van der Waals surface area contributed by atoms with Crippen LogP contribution in [0.2, 0.25) is 0 Å². The highest BCUT2D eigenvalue weighted by Gasteiger charge is 2.20. The van der Waals surface area contributed by atoms with E-state index in [4.69, 9.17) is 0 Å².